The zero-order valence-corrected chi connectivity index (χ0v) is 5.76. The Labute approximate surface area is 50.5 Å². The Bertz CT molecular complexity index is 87.9. The highest BCUT2D eigenvalue weighted by Crippen LogP contribution is 1.58. The highest BCUT2D eigenvalue weighted by atomic mass is 32.2. The second-order valence-electron chi connectivity index (χ2n) is 1.48. The van der Waals surface area contributed by atoms with Gasteiger partial charge in [-0.1, -0.05) is 13.8 Å². The Balaban J connectivity index is 0. The van der Waals surface area contributed by atoms with Crippen LogP contribution in [0.1, 0.15) is 13.8 Å². The van der Waals surface area contributed by atoms with E-state index in [9.17, 15) is 0 Å². The number of thiol groups is 1. The van der Waals surface area contributed by atoms with Crippen LogP contribution in [0.25, 0.3) is 0 Å². The third-order valence-electron chi connectivity index (χ3n) is 0. The molecule has 3 N–H and O–H groups in total. The average Bonchev–Trinajstić information content (AvgIpc) is 1.25. The largest absolute Gasteiger partial charge is 0.328 e. The van der Waals surface area contributed by atoms with Crippen LogP contribution >= 0.6 is 0 Å². The van der Waals surface area contributed by atoms with Crippen molar-refractivity contribution >= 4 is 11.0 Å². The molecule has 0 amide bonds. The van der Waals surface area contributed by atoms with Crippen LogP contribution in [0.4, 0.5) is 0 Å². The molecule has 52 valence electrons. The van der Waals surface area contributed by atoms with Crippen molar-refractivity contribution in [2.75, 3.05) is 0 Å². The van der Waals surface area contributed by atoms with Gasteiger partial charge in [-0.15, -0.1) is 0 Å². The second-order valence-corrected chi connectivity index (χ2v) is 1.96. The fourth-order valence-corrected chi connectivity index (χ4v) is 0. The molecule has 0 aliphatic rings. The van der Waals surface area contributed by atoms with Gasteiger partial charge in [0.25, 0.3) is 11.0 Å². The van der Waals surface area contributed by atoms with Crippen molar-refractivity contribution in [2.45, 2.75) is 19.9 Å². The molecule has 4 nitrogen and oxygen atoms in total. The summed E-state index contributed by atoms with van der Waals surface area (Å²) in [7, 11) is -3.12. The van der Waals surface area contributed by atoms with Crippen LogP contribution in [0.5, 0.6) is 0 Å². The number of rotatable bonds is 0. The van der Waals surface area contributed by atoms with Gasteiger partial charge in [-0.25, -0.2) is 8.42 Å². The number of hydrogen-bond donors (Lipinski definition) is 3. The molecule has 0 saturated heterocycles. The van der Waals surface area contributed by atoms with E-state index < -0.39 is 11.0 Å². The molecule has 8 heavy (non-hydrogen) atoms. The van der Waals surface area contributed by atoms with Crippen molar-refractivity contribution < 1.29 is 13.0 Å². The fourth-order valence-electron chi connectivity index (χ4n) is 0. The molecule has 0 radical (unpaired) electrons. The van der Waals surface area contributed by atoms with Crippen molar-refractivity contribution in [3.05, 3.63) is 0 Å². The van der Waals surface area contributed by atoms with Crippen LogP contribution in [0.3, 0.4) is 0 Å². The first-order valence-corrected chi connectivity index (χ1v) is 3.18. The molecule has 0 atom stereocenters. The van der Waals surface area contributed by atoms with Crippen LogP contribution in [0.15, 0.2) is 0 Å². The van der Waals surface area contributed by atoms with Gasteiger partial charge in [0.2, 0.25) is 0 Å². The van der Waals surface area contributed by atoms with Gasteiger partial charge < -0.3 is 5.73 Å². The Kier molecular flexibility index (Phi) is 9.26. The van der Waals surface area contributed by atoms with Crippen LogP contribution in [0.2, 0.25) is 0 Å². The first-order chi connectivity index (χ1) is 3.46. The Morgan fingerprint density at radius 1 is 1.50 bits per heavy atom. The molecule has 0 fully saturated rings. The molecule has 0 aromatic rings. The summed E-state index contributed by atoms with van der Waals surface area (Å²) in [6.45, 7) is 3.89. The van der Waals surface area contributed by atoms with E-state index in [1.54, 1.807) is 0 Å². The maximum absolute atomic E-state index is 8.59. The van der Waals surface area contributed by atoms with Gasteiger partial charge in [0, 0.05) is 0 Å². The zero-order chi connectivity index (χ0) is 7.15. The quantitative estimate of drug-likeness (QED) is 0.311. The third kappa shape index (κ3) is 8240. The summed E-state index contributed by atoms with van der Waals surface area (Å²) in [6.07, 6.45) is 0. The van der Waals surface area contributed by atoms with Gasteiger partial charge in [0.1, 0.15) is 0 Å². The maximum atomic E-state index is 8.59. The van der Waals surface area contributed by atoms with Crippen LogP contribution < -0.4 is 5.73 Å². The van der Waals surface area contributed by atoms with E-state index in [0.717, 1.165) is 0 Å². The standard InChI is InChI=1S/C3H9N.H2O3S/c1-3(2)4;1-4(2)3/h3H,4H2,1-2H3;4H,(H,1,2,3). The predicted octanol–water partition coefficient (Wildman–Crippen LogP) is -0.576. The molecular weight excluding hydrogens is 130 g/mol. The normalized spacial score (nSPS) is 8.75. The van der Waals surface area contributed by atoms with Crippen molar-refractivity contribution in [2.24, 2.45) is 5.73 Å². The first-order valence-electron chi connectivity index (χ1n) is 2.05. The fraction of sp³-hybridized carbons (Fsp3) is 1.00. The summed E-state index contributed by atoms with van der Waals surface area (Å²) < 4.78 is 24.2. The lowest BCUT2D eigenvalue weighted by Gasteiger charge is -1.81. The Morgan fingerprint density at radius 2 is 1.50 bits per heavy atom. The van der Waals surface area contributed by atoms with Crippen LogP contribution in [-0.2, 0) is 11.0 Å². The molecule has 0 heterocycles. The predicted molar refractivity (Wildman–Crippen MR) is 32.3 cm³/mol. The van der Waals surface area contributed by atoms with Gasteiger partial charge in [0.05, 0.1) is 0 Å². The van der Waals surface area contributed by atoms with Crippen molar-refractivity contribution in [3.63, 3.8) is 0 Å². The average molecular weight is 141 g/mol. The minimum absolute atomic E-state index is 0.333. The Morgan fingerprint density at radius 3 is 1.50 bits per heavy atom. The first kappa shape index (κ1) is 10.8. The van der Waals surface area contributed by atoms with Gasteiger partial charge in [-0.3, -0.25) is 4.55 Å². The number of hydrogen-bond acceptors (Lipinski definition) is 3. The minimum Gasteiger partial charge on any atom is -0.328 e. The molecular formula is C3H11NO3S. The SMILES string of the molecule is CC(C)N.O=[SH](=O)O. The summed E-state index contributed by atoms with van der Waals surface area (Å²) in [5.41, 5.74) is 5.11. The Hall–Kier alpha value is -0.130. The molecule has 5 heteroatoms. The summed E-state index contributed by atoms with van der Waals surface area (Å²) in [5, 5.41) is 0. The highest BCUT2D eigenvalue weighted by Gasteiger charge is 1.67. The summed E-state index contributed by atoms with van der Waals surface area (Å²) in [4.78, 5) is 0. The lowest BCUT2D eigenvalue weighted by molar-refractivity contribution is 0.509. The summed E-state index contributed by atoms with van der Waals surface area (Å²) in [6, 6.07) is 0.333. The van der Waals surface area contributed by atoms with Crippen molar-refractivity contribution in [1.29, 1.82) is 0 Å². The van der Waals surface area contributed by atoms with E-state index in [2.05, 4.69) is 0 Å². The van der Waals surface area contributed by atoms with Crippen LogP contribution in [-0.4, -0.2) is 19.0 Å². The molecule has 0 saturated carbocycles. The van der Waals surface area contributed by atoms with E-state index in [1.165, 1.54) is 0 Å². The molecule has 0 aliphatic heterocycles. The summed E-state index contributed by atoms with van der Waals surface area (Å²) >= 11 is 0. The molecule has 0 aromatic carbocycles. The summed E-state index contributed by atoms with van der Waals surface area (Å²) in [5.74, 6) is 0. The molecule has 0 unspecified atom stereocenters. The van der Waals surface area contributed by atoms with E-state index in [4.69, 9.17) is 18.7 Å². The van der Waals surface area contributed by atoms with Crippen LogP contribution in [0, 0.1) is 0 Å². The topological polar surface area (TPSA) is 80.4 Å². The van der Waals surface area contributed by atoms with Gasteiger partial charge >= 0.3 is 0 Å². The van der Waals surface area contributed by atoms with Gasteiger partial charge in [-0.05, 0) is 6.04 Å². The van der Waals surface area contributed by atoms with E-state index in [0.29, 0.717) is 6.04 Å². The van der Waals surface area contributed by atoms with Crippen molar-refractivity contribution in [1.82, 2.24) is 0 Å². The van der Waals surface area contributed by atoms with Gasteiger partial charge in [-0.2, -0.15) is 0 Å². The van der Waals surface area contributed by atoms with E-state index in [1.807, 2.05) is 13.8 Å². The van der Waals surface area contributed by atoms with E-state index in [-0.39, 0.29) is 0 Å². The minimum atomic E-state index is -3.12. The zero-order valence-electron chi connectivity index (χ0n) is 4.87. The second kappa shape index (κ2) is 6.87. The molecule has 0 spiro atoms. The number of nitrogens with two attached hydrogens (primary N) is 1. The van der Waals surface area contributed by atoms with Gasteiger partial charge in [0.15, 0.2) is 0 Å². The molecule has 0 bridgehead atoms. The lowest BCUT2D eigenvalue weighted by Crippen LogP contribution is -2.06. The third-order valence-corrected chi connectivity index (χ3v) is 0. The molecule has 0 aliphatic carbocycles. The monoisotopic (exact) mass is 141 g/mol. The maximum Gasteiger partial charge on any atom is 0.254 e. The van der Waals surface area contributed by atoms with Crippen molar-refractivity contribution in [3.8, 4) is 0 Å². The smallest absolute Gasteiger partial charge is 0.254 e. The van der Waals surface area contributed by atoms with E-state index >= 15 is 0 Å². The lowest BCUT2D eigenvalue weighted by atomic mass is 10.5. The molecule has 0 rings (SSSR count). The molecule has 0 aromatic heterocycles. The highest BCUT2D eigenvalue weighted by molar-refractivity contribution is 7.66.